The molecule has 1 atom stereocenters. The van der Waals surface area contributed by atoms with Gasteiger partial charge in [0.05, 0.1) is 34.4 Å². The molecule has 0 bridgehead atoms. The lowest BCUT2D eigenvalue weighted by atomic mass is 10.1. The van der Waals surface area contributed by atoms with Crippen LogP contribution in [0.1, 0.15) is 5.56 Å². The number of piperazine rings is 1. The Labute approximate surface area is 141 Å². The van der Waals surface area contributed by atoms with E-state index in [0.717, 1.165) is 17.0 Å². The summed E-state index contributed by atoms with van der Waals surface area (Å²) in [6, 6.07) is 3.50. The summed E-state index contributed by atoms with van der Waals surface area (Å²) in [6.07, 6.45) is 0. The summed E-state index contributed by atoms with van der Waals surface area (Å²) < 4.78 is 15.8. The summed E-state index contributed by atoms with van der Waals surface area (Å²) in [4.78, 5) is 24.4. The van der Waals surface area contributed by atoms with E-state index < -0.39 is 0 Å². The fraction of sp³-hybridized carbons (Fsp3) is 0.500. The van der Waals surface area contributed by atoms with E-state index in [-0.39, 0.29) is 18.4 Å². The maximum Gasteiger partial charge on any atom is 0.275 e. The number of methoxy groups -OCH3 is 3. The second-order valence-electron chi connectivity index (χ2n) is 5.50. The first-order valence-electron chi connectivity index (χ1n) is 7.73. The number of hydrogen-bond acceptors (Lipinski definition) is 5. The highest BCUT2D eigenvalue weighted by atomic mass is 16.5. The molecule has 2 amide bonds. The molecule has 8 heteroatoms. The molecule has 1 unspecified atom stereocenters. The number of amides is 2. The minimum absolute atomic E-state index is 0.0226. The predicted molar refractivity (Wildman–Crippen MR) is 86.5 cm³/mol. The van der Waals surface area contributed by atoms with Crippen molar-refractivity contribution in [3.05, 3.63) is 17.7 Å². The van der Waals surface area contributed by atoms with Gasteiger partial charge in [-0.15, -0.1) is 0 Å². The summed E-state index contributed by atoms with van der Waals surface area (Å²) in [5.41, 5.74) is 0.787. The smallest absolute Gasteiger partial charge is 0.275 e. The molecule has 3 N–H and O–H groups in total. The van der Waals surface area contributed by atoms with Gasteiger partial charge in [-0.3, -0.25) is 9.59 Å². The van der Waals surface area contributed by atoms with Gasteiger partial charge in [-0.25, -0.2) is 0 Å². The Morgan fingerprint density at radius 2 is 1.83 bits per heavy atom. The number of benzene rings is 1. The van der Waals surface area contributed by atoms with Gasteiger partial charge in [0.1, 0.15) is 5.75 Å². The van der Waals surface area contributed by atoms with Gasteiger partial charge in [0, 0.05) is 18.2 Å². The highest BCUT2D eigenvalue weighted by Gasteiger charge is 2.22. The highest BCUT2D eigenvalue weighted by Crippen LogP contribution is 2.34. The Bertz CT molecular complexity index is 606. The lowest BCUT2D eigenvalue weighted by Crippen LogP contribution is -3.16. The number of carbonyl (C=O) groups is 2. The van der Waals surface area contributed by atoms with Crippen molar-refractivity contribution in [2.45, 2.75) is 6.54 Å². The van der Waals surface area contributed by atoms with Crippen LogP contribution in [-0.2, 0) is 16.1 Å². The molecule has 0 radical (unpaired) electrons. The minimum atomic E-state index is -0.114. The third kappa shape index (κ3) is 4.51. The van der Waals surface area contributed by atoms with Crippen molar-refractivity contribution < 1.29 is 28.7 Å². The van der Waals surface area contributed by atoms with Crippen molar-refractivity contribution in [1.82, 2.24) is 10.6 Å². The number of ether oxygens (including phenoxy) is 3. The predicted octanol–water partition coefficient (Wildman–Crippen LogP) is -1.66. The molecule has 1 aliphatic rings. The molecule has 2 rings (SSSR count). The zero-order chi connectivity index (χ0) is 17.5. The number of rotatable bonds is 7. The van der Waals surface area contributed by atoms with Gasteiger partial charge in [-0.05, 0) is 6.07 Å². The molecule has 0 aromatic heterocycles. The van der Waals surface area contributed by atoms with Crippen LogP contribution in [0, 0.1) is 0 Å². The Balaban J connectivity index is 1.97. The molecular weight excluding hydrogens is 314 g/mol. The Kier molecular flexibility index (Phi) is 6.25. The van der Waals surface area contributed by atoms with Crippen molar-refractivity contribution in [2.24, 2.45) is 0 Å². The molecule has 0 saturated carbocycles. The van der Waals surface area contributed by atoms with Crippen LogP contribution in [0.15, 0.2) is 12.1 Å². The Hall–Kier alpha value is -2.48. The van der Waals surface area contributed by atoms with E-state index in [9.17, 15) is 9.59 Å². The fourth-order valence-corrected chi connectivity index (χ4v) is 2.62. The summed E-state index contributed by atoms with van der Waals surface area (Å²) in [5.74, 6) is 1.61. The molecule has 1 heterocycles. The molecule has 0 aliphatic carbocycles. The van der Waals surface area contributed by atoms with Gasteiger partial charge >= 0.3 is 0 Å². The topological polar surface area (TPSA) is 90.3 Å². The van der Waals surface area contributed by atoms with Crippen LogP contribution < -0.4 is 29.7 Å². The van der Waals surface area contributed by atoms with Crippen LogP contribution in [0.3, 0.4) is 0 Å². The Morgan fingerprint density at radius 3 is 2.46 bits per heavy atom. The zero-order valence-electron chi connectivity index (χ0n) is 14.2. The van der Waals surface area contributed by atoms with E-state index in [1.54, 1.807) is 33.5 Å². The van der Waals surface area contributed by atoms with E-state index in [0.29, 0.717) is 36.9 Å². The van der Waals surface area contributed by atoms with Crippen molar-refractivity contribution in [3.63, 3.8) is 0 Å². The first-order chi connectivity index (χ1) is 11.6. The van der Waals surface area contributed by atoms with Gasteiger partial charge in [-0.2, -0.15) is 0 Å². The largest absolute Gasteiger partial charge is 0.496 e. The molecule has 1 aromatic carbocycles. The average molecular weight is 338 g/mol. The third-order valence-electron chi connectivity index (χ3n) is 3.88. The normalized spacial score (nSPS) is 17.0. The third-order valence-corrected chi connectivity index (χ3v) is 3.88. The van der Waals surface area contributed by atoms with Crippen LogP contribution in [0.5, 0.6) is 17.2 Å². The molecular formula is C16H24N3O5+. The molecule has 0 spiro atoms. The SMILES string of the molecule is COc1cc(OC)c(OC)cc1CNC(=O)C[NH+]1CCNC(=O)C1. The molecule has 1 aromatic rings. The van der Waals surface area contributed by atoms with Gasteiger partial charge < -0.3 is 29.7 Å². The van der Waals surface area contributed by atoms with Crippen LogP contribution in [-0.4, -0.2) is 59.3 Å². The van der Waals surface area contributed by atoms with Crippen LogP contribution >= 0.6 is 0 Å². The van der Waals surface area contributed by atoms with Gasteiger partial charge in [0.2, 0.25) is 0 Å². The highest BCUT2D eigenvalue weighted by molar-refractivity contribution is 5.79. The van der Waals surface area contributed by atoms with Gasteiger partial charge in [-0.1, -0.05) is 0 Å². The lowest BCUT2D eigenvalue weighted by molar-refractivity contribution is -0.885. The molecule has 1 saturated heterocycles. The molecule has 1 aliphatic heterocycles. The van der Waals surface area contributed by atoms with E-state index in [1.807, 2.05) is 0 Å². The quantitative estimate of drug-likeness (QED) is 0.554. The summed E-state index contributed by atoms with van der Waals surface area (Å²) in [5, 5.41) is 5.60. The Morgan fingerprint density at radius 1 is 1.17 bits per heavy atom. The molecule has 1 fully saturated rings. The molecule has 132 valence electrons. The number of carbonyl (C=O) groups excluding carboxylic acids is 2. The van der Waals surface area contributed by atoms with Crippen molar-refractivity contribution in [2.75, 3.05) is 47.5 Å². The summed E-state index contributed by atoms with van der Waals surface area (Å²) >= 11 is 0. The molecule has 24 heavy (non-hydrogen) atoms. The first-order valence-corrected chi connectivity index (χ1v) is 7.73. The second kappa shape index (κ2) is 8.39. The van der Waals surface area contributed by atoms with Crippen molar-refractivity contribution >= 4 is 11.8 Å². The first kappa shape index (κ1) is 17.9. The van der Waals surface area contributed by atoms with E-state index in [2.05, 4.69) is 10.6 Å². The van der Waals surface area contributed by atoms with Crippen LogP contribution in [0.2, 0.25) is 0 Å². The number of quaternary nitrogens is 1. The van der Waals surface area contributed by atoms with Crippen LogP contribution in [0.25, 0.3) is 0 Å². The van der Waals surface area contributed by atoms with Gasteiger partial charge in [0.25, 0.3) is 11.8 Å². The van der Waals surface area contributed by atoms with Gasteiger partial charge in [0.15, 0.2) is 24.6 Å². The van der Waals surface area contributed by atoms with Crippen molar-refractivity contribution in [3.8, 4) is 17.2 Å². The van der Waals surface area contributed by atoms with Crippen molar-refractivity contribution in [1.29, 1.82) is 0 Å². The number of nitrogens with one attached hydrogen (secondary N) is 3. The maximum absolute atomic E-state index is 12.1. The van der Waals surface area contributed by atoms with Crippen LogP contribution in [0.4, 0.5) is 0 Å². The average Bonchev–Trinajstić information content (AvgIpc) is 2.59. The molecule has 8 nitrogen and oxygen atoms in total. The fourth-order valence-electron chi connectivity index (χ4n) is 2.62. The van der Waals surface area contributed by atoms with E-state index >= 15 is 0 Å². The minimum Gasteiger partial charge on any atom is -0.496 e. The van der Waals surface area contributed by atoms with E-state index in [1.165, 1.54) is 0 Å². The summed E-state index contributed by atoms with van der Waals surface area (Å²) in [6.45, 7) is 2.25. The monoisotopic (exact) mass is 338 g/mol. The standard InChI is InChI=1S/C16H23N3O5/c1-22-12-7-14(24-3)13(23-2)6-11(12)8-18-16(21)10-19-5-4-17-15(20)9-19/h6-7H,4-5,8-10H2,1-3H3,(H,17,20)(H,18,21)/p+1. The number of hydrogen-bond donors (Lipinski definition) is 3. The second-order valence-corrected chi connectivity index (χ2v) is 5.50. The zero-order valence-corrected chi connectivity index (χ0v) is 14.2. The lowest BCUT2D eigenvalue weighted by Gasteiger charge is -2.23. The summed E-state index contributed by atoms with van der Waals surface area (Å²) in [7, 11) is 4.66. The van der Waals surface area contributed by atoms with E-state index in [4.69, 9.17) is 14.2 Å². The maximum atomic E-state index is 12.1.